The standard InChI is InChI=1S/C16H22ClN5O3S2.C11H10ClN3O2S.C10H10ClN3OS/c17-16-18-13-9-12(10-20-1-3-21(4-2-20)11-27(23)24)26-14(13)15(19-16)22-5-7-25-8-6-22;12-11-13-8-5-7(6-16)18-9(8)10(14-11)15-1-3-17-4-2-15;11-10-12-7-1-6-16-8(7)9(13-10)14-2-4-15-5-3-14/h9H,1-8,10-11H2,(H,23,24);5-6H,1-4H2;1,6H,2-5H2/p-1. The molecular formula is C37H41Cl3N11O6S4-. The van der Waals surface area contributed by atoms with Gasteiger partial charge < -0.3 is 33.5 Å². The number of hydrogen-bond donors (Lipinski definition) is 0. The van der Waals surface area contributed by atoms with Crippen LogP contribution in [0.2, 0.25) is 15.9 Å². The molecule has 6 aromatic heterocycles. The zero-order chi connectivity index (χ0) is 42.3. The molecule has 24 heteroatoms. The average molecular weight is 970 g/mol. The zero-order valence-electron chi connectivity index (χ0n) is 32.8. The number of halogens is 3. The van der Waals surface area contributed by atoms with E-state index >= 15 is 0 Å². The minimum atomic E-state index is -2.01. The van der Waals surface area contributed by atoms with Gasteiger partial charge in [0.15, 0.2) is 23.7 Å². The third-order valence-electron chi connectivity index (χ3n) is 10.2. The molecule has 0 aromatic carbocycles. The molecule has 17 nitrogen and oxygen atoms in total. The van der Waals surface area contributed by atoms with Crippen molar-refractivity contribution in [2.75, 3.05) is 126 Å². The summed E-state index contributed by atoms with van der Waals surface area (Å²) in [6.45, 7) is 13.2. The van der Waals surface area contributed by atoms with E-state index in [2.05, 4.69) is 55.6 Å². The number of carbonyl (C=O) groups excluding carboxylic acids is 1. The number of fused-ring (bicyclic) bond motifs is 3. The fourth-order valence-corrected chi connectivity index (χ4v) is 11.2. The van der Waals surface area contributed by atoms with Crippen molar-refractivity contribution in [3.63, 3.8) is 0 Å². The van der Waals surface area contributed by atoms with Gasteiger partial charge in [-0.25, -0.2) is 15.0 Å². The normalized spacial score (nSPS) is 18.5. The van der Waals surface area contributed by atoms with E-state index in [1.807, 2.05) is 16.3 Å². The van der Waals surface area contributed by atoms with E-state index in [9.17, 15) is 13.6 Å². The molecule has 0 radical (unpaired) electrons. The molecule has 0 N–H and O–H groups in total. The Morgan fingerprint density at radius 1 is 0.623 bits per heavy atom. The number of anilines is 3. The number of nitrogens with zero attached hydrogens (tertiary/aromatic N) is 11. The van der Waals surface area contributed by atoms with E-state index in [1.165, 1.54) is 16.2 Å². The number of ether oxygens (including phenoxy) is 3. The second-order valence-corrected chi connectivity index (χ2v) is 19.1. The molecular weight excluding hydrogens is 929 g/mol. The van der Waals surface area contributed by atoms with E-state index in [-0.39, 0.29) is 16.4 Å². The van der Waals surface area contributed by atoms with Crippen LogP contribution in [-0.2, 0) is 31.8 Å². The number of aromatic nitrogens is 6. The van der Waals surface area contributed by atoms with E-state index in [1.54, 1.807) is 28.7 Å². The SMILES string of the molecule is Clc1nc(N2CCOCC2)c2sccc2n1.O=Cc1cc2nc(Cl)nc(N3CCOCC3)c2s1.O=S([O-])CN1CCN(Cc2cc3nc(Cl)nc(N4CCOCC4)c3s2)CC1. The van der Waals surface area contributed by atoms with Crippen LogP contribution in [-0.4, -0.2) is 166 Å². The van der Waals surface area contributed by atoms with Crippen LogP contribution in [0.1, 0.15) is 14.5 Å². The molecule has 0 saturated carbocycles. The highest BCUT2D eigenvalue weighted by Gasteiger charge is 2.23. The summed E-state index contributed by atoms with van der Waals surface area (Å²) in [7, 11) is 0. The Hall–Kier alpha value is -3.03. The molecule has 6 aromatic rings. The minimum absolute atomic E-state index is 0.119. The first kappa shape index (κ1) is 44.6. The van der Waals surface area contributed by atoms with Gasteiger partial charge in [-0.3, -0.25) is 18.8 Å². The summed E-state index contributed by atoms with van der Waals surface area (Å²) in [5.41, 5.74) is 2.53. The summed E-state index contributed by atoms with van der Waals surface area (Å²) in [6.07, 6.45) is 0.823. The number of carbonyl (C=O) groups is 1. The minimum Gasteiger partial charge on any atom is -0.771 e. The summed E-state index contributed by atoms with van der Waals surface area (Å²) >= 11 is 20.8. The quantitative estimate of drug-likeness (QED) is 0.109. The van der Waals surface area contributed by atoms with Crippen molar-refractivity contribution < 1.29 is 27.8 Å². The lowest BCUT2D eigenvalue weighted by molar-refractivity contribution is 0.112. The van der Waals surface area contributed by atoms with Gasteiger partial charge in [0.1, 0.15) is 0 Å². The van der Waals surface area contributed by atoms with Gasteiger partial charge in [-0.05, 0) is 69.5 Å². The van der Waals surface area contributed by atoms with Gasteiger partial charge in [-0.2, -0.15) is 15.0 Å². The number of morpholine rings is 3. The highest BCUT2D eigenvalue weighted by molar-refractivity contribution is 7.79. The molecule has 4 saturated heterocycles. The number of hydrogen-bond acceptors (Lipinski definition) is 20. The maximum absolute atomic E-state index is 10.8. The Bertz CT molecular complexity index is 2450. The van der Waals surface area contributed by atoms with Crippen LogP contribution in [0.3, 0.4) is 0 Å². The number of aldehydes is 1. The Morgan fingerprint density at radius 3 is 1.59 bits per heavy atom. The van der Waals surface area contributed by atoms with Gasteiger partial charge in [-0.1, -0.05) is 0 Å². The van der Waals surface area contributed by atoms with Crippen LogP contribution in [0.5, 0.6) is 0 Å². The predicted octanol–water partition coefficient (Wildman–Crippen LogP) is 5.31. The smallest absolute Gasteiger partial charge is 0.224 e. The largest absolute Gasteiger partial charge is 0.771 e. The molecule has 0 aliphatic carbocycles. The summed E-state index contributed by atoms with van der Waals surface area (Å²) in [5.74, 6) is 2.75. The van der Waals surface area contributed by atoms with Crippen LogP contribution in [0.4, 0.5) is 17.5 Å². The Morgan fingerprint density at radius 2 is 1.08 bits per heavy atom. The van der Waals surface area contributed by atoms with Crippen LogP contribution in [0, 0.1) is 0 Å². The molecule has 1 atom stereocenters. The van der Waals surface area contributed by atoms with Crippen LogP contribution in [0.25, 0.3) is 30.6 Å². The lowest BCUT2D eigenvalue weighted by Crippen LogP contribution is -2.46. The van der Waals surface area contributed by atoms with Gasteiger partial charge in [0, 0.05) is 76.9 Å². The van der Waals surface area contributed by atoms with Crippen molar-refractivity contribution >= 4 is 134 Å². The first-order valence-corrected chi connectivity index (χ1v) is 24.4. The van der Waals surface area contributed by atoms with E-state index in [0.29, 0.717) is 36.6 Å². The molecule has 4 aliphatic rings. The third-order valence-corrected chi connectivity index (χ3v) is 14.3. The molecule has 0 spiro atoms. The van der Waals surface area contributed by atoms with Crippen molar-refractivity contribution in [3.05, 3.63) is 49.2 Å². The summed E-state index contributed by atoms with van der Waals surface area (Å²) in [6, 6.07) is 5.80. The molecule has 10 rings (SSSR count). The molecule has 0 amide bonds. The van der Waals surface area contributed by atoms with E-state index in [4.69, 9.17) is 49.0 Å². The van der Waals surface area contributed by atoms with Crippen LogP contribution >= 0.6 is 68.8 Å². The fraction of sp³-hybridized carbons (Fsp3) is 0.486. The maximum Gasteiger partial charge on any atom is 0.224 e. The molecule has 4 fully saturated rings. The molecule has 61 heavy (non-hydrogen) atoms. The number of thiophene rings is 3. The number of piperazine rings is 1. The van der Waals surface area contributed by atoms with Gasteiger partial charge in [0.25, 0.3) is 0 Å². The highest BCUT2D eigenvalue weighted by atomic mass is 35.5. The lowest BCUT2D eigenvalue weighted by Gasteiger charge is -2.34. The van der Waals surface area contributed by atoms with Gasteiger partial charge in [0.2, 0.25) is 15.9 Å². The van der Waals surface area contributed by atoms with E-state index in [0.717, 1.165) is 140 Å². The Labute approximate surface area is 380 Å². The summed E-state index contributed by atoms with van der Waals surface area (Å²) in [5, 5.41) is 2.80. The van der Waals surface area contributed by atoms with Crippen molar-refractivity contribution in [3.8, 4) is 0 Å². The summed E-state index contributed by atoms with van der Waals surface area (Å²) in [4.78, 5) is 49.4. The molecule has 1 unspecified atom stereocenters. The average Bonchev–Trinajstić information content (AvgIpc) is 4.03. The first-order valence-electron chi connectivity index (χ1n) is 19.5. The third kappa shape index (κ3) is 11.4. The van der Waals surface area contributed by atoms with Crippen molar-refractivity contribution in [1.82, 2.24) is 39.7 Å². The molecule has 4 aliphatic heterocycles. The second-order valence-electron chi connectivity index (χ2n) is 14.1. The monoisotopic (exact) mass is 968 g/mol. The van der Waals surface area contributed by atoms with Gasteiger partial charge >= 0.3 is 0 Å². The topological polar surface area (TPSA) is 178 Å². The predicted molar refractivity (Wildman–Crippen MR) is 242 cm³/mol. The van der Waals surface area contributed by atoms with Crippen molar-refractivity contribution in [2.24, 2.45) is 0 Å². The van der Waals surface area contributed by atoms with E-state index < -0.39 is 11.1 Å². The second kappa shape index (κ2) is 21.1. The number of rotatable bonds is 8. The van der Waals surface area contributed by atoms with Crippen LogP contribution < -0.4 is 14.7 Å². The first-order chi connectivity index (χ1) is 29.7. The van der Waals surface area contributed by atoms with Crippen molar-refractivity contribution in [1.29, 1.82) is 0 Å². The Balaban J connectivity index is 0.000000132. The van der Waals surface area contributed by atoms with Crippen molar-refractivity contribution in [2.45, 2.75) is 6.54 Å². The molecule has 326 valence electrons. The maximum atomic E-state index is 10.8. The zero-order valence-corrected chi connectivity index (χ0v) is 38.3. The fourth-order valence-electron chi connectivity index (χ4n) is 7.21. The molecule has 10 heterocycles. The summed E-state index contributed by atoms with van der Waals surface area (Å²) < 4.78 is 40.8. The highest BCUT2D eigenvalue weighted by Crippen LogP contribution is 2.35. The van der Waals surface area contributed by atoms with Gasteiger partial charge in [-0.15, -0.1) is 34.0 Å². The molecule has 0 bridgehead atoms. The Kier molecular flexibility index (Phi) is 15.4. The van der Waals surface area contributed by atoms with Gasteiger partial charge in [0.05, 0.1) is 81.0 Å². The lowest BCUT2D eigenvalue weighted by atomic mass is 10.3. The van der Waals surface area contributed by atoms with Crippen LogP contribution in [0.15, 0.2) is 23.6 Å².